The van der Waals surface area contributed by atoms with Crippen LogP contribution in [0.25, 0.3) is 0 Å². The number of aromatic nitrogens is 2. The maximum absolute atomic E-state index is 12.1. The highest BCUT2D eigenvalue weighted by molar-refractivity contribution is 6.04. The molecule has 0 bridgehead atoms. The van der Waals surface area contributed by atoms with E-state index in [9.17, 15) is 9.59 Å². The minimum Gasteiger partial charge on any atom is -0.480 e. The van der Waals surface area contributed by atoms with E-state index in [-0.39, 0.29) is 12.5 Å². The fourth-order valence-electron chi connectivity index (χ4n) is 2.50. The van der Waals surface area contributed by atoms with Crippen molar-refractivity contribution >= 4 is 17.6 Å². The molecule has 1 aromatic carbocycles. The average Bonchev–Trinajstić information content (AvgIpc) is 2.84. The zero-order valence-electron chi connectivity index (χ0n) is 12.0. The van der Waals surface area contributed by atoms with Crippen molar-refractivity contribution in [1.29, 1.82) is 0 Å². The Balaban J connectivity index is 1.63. The number of carboxylic acids is 1. The summed E-state index contributed by atoms with van der Waals surface area (Å²) in [4.78, 5) is 22.7. The number of anilines is 1. The van der Waals surface area contributed by atoms with Crippen LogP contribution in [0.3, 0.4) is 0 Å². The molecule has 1 aliphatic rings. The number of nitrogens with zero attached hydrogens (tertiary/aromatic N) is 2. The third-order valence-electron chi connectivity index (χ3n) is 3.94. The molecule has 0 atom stereocenters. The fraction of sp³-hybridized carbons (Fsp3) is 0.312. The molecule has 1 amide bonds. The van der Waals surface area contributed by atoms with Crippen LogP contribution in [0.4, 0.5) is 5.69 Å². The van der Waals surface area contributed by atoms with Gasteiger partial charge in [0.05, 0.1) is 11.9 Å². The van der Waals surface area contributed by atoms with Crippen molar-refractivity contribution in [2.24, 2.45) is 0 Å². The second-order valence-electron chi connectivity index (χ2n) is 5.52. The summed E-state index contributed by atoms with van der Waals surface area (Å²) in [5.74, 6) is -0.561. The van der Waals surface area contributed by atoms with Crippen molar-refractivity contribution in [2.75, 3.05) is 5.32 Å². The van der Waals surface area contributed by atoms with Gasteiger partial charge in [-0.1, -0.05) is 18.6 Å². The van der Waals surface area contributed by atoms with Gasteiger partial charge in [-0.05, 0) is 36.5 Å². The monoisotopic (exact) mass is 299 g/mol. The Labute approximate surface area is 127 Å². The van der Waals surface area contributed by atoms with Crippen molar-refractivity contribution in [3.63, 3.8) is 0 Å². The van der Waals surface area contributed by atoms with Gasteiger partial charge >= 0.3 is 5.97 Å². The van der Waals surface area contributed by atoms with Crippen LogP contribution in [-0.2, 0) is 11.3 Å². The zero-order chi connectivity index (χ0) is 15.5. The largest absolute Gasteiger partial charge is 0.480 e. The van der Waals surface area contributed by atoms with Gasteiger partial charge in [-0.15, -0.1) is 0 Å². The SMILES string of the molecule is O=C(O)Cn1cc(NC(=O)c2ccc(C3CCC3)cc2)cn1. The number of carbonyl (C=O) groups excluding carboxylic acids is 1. The molecule has 0 unspecified atom stereocenters. The molecule has 6 heteroatoms. The van der Waals surface area contributed by atoms with Gasteiger partial charge in [0.1, 0.15) is 6.54 Å². The third kappa shape index (κ3) is 3.16. The van der Waals surface area contributed by atoms with Crippen molar-refractivity contribution in [3.8, 4) is 0 Å². The Kier molecular flexibility index (Phi) is 3.91. The summed E-state index contributed by atoms with van der Waals surface area (Å²) in [6.07, 6.45) is 6.67. The van der Waals surface area contributed by atoms with E-state index in [1.165, 1.54) is 41.9 Å². The number of aliphatic carboxylic acids is 1. The van der Waals surface area contributed by atoms with Crippen LogP contribution in [0.2, 0.25) is 0 Å². The summed E-state index contributed by atoms with van der Waals surface area (Å²) in [6, 6.07) is 7.66. The predicted molar refractivity (Wildman–Crippen MR) is 80.9 cm³/mol. The van der Waals surface area contributed by atoms with Crippen LogP contribution in [0.15, 0.2) is 36.7 Å². The van der Waals surface area contributed by atoms with E-state index in [1.54, 1.807) is 0 Å². The molecule has 22 heavy (non-hydrogen) atoms. The summed E-state index contributed by atoms with van der Waals surface area (Å²) in [5, 5.41) is 15.3. The van der Waals surface area contributed by atoms with Gasteiger partial charge < -0.3 is 10.4 Å². The molecule has 6 nitrogen and oxygen atoms in total. The number of nitrogens with one attached hydrogen (secondary N) is 1. The van der Waals surface area contributed by atoms with Gasteiger partial charge in [-0.2, -0.15) is 5.10 Å². The summed E-state index contributed by atoms with van der Waals surface area (Å²) in [7, 11) is 0. The predicted octanol–water partition coefficient (Wildman–Crippen LogP) is 2.49. The van der Waals surface area contributed by atoms with Gasteiger partial charge in [-0.25, -0.2) is 0 Å². The van der Waals surface area contributed by atoms with Crippen LogP contribution >= 0.6 is 0 Å². The van der Waals surface area contributed by atoms with Crippen molar-refractivity contribution in [1.82, 2.24) is 9.78 Å². The van der Waals surface area contributed by atoms with Crippen LogP contribution < -0.4 is 5.32 Å². The molecule has 1 heterocycles. The Morgan fingerprint density at radius 2 is 2.00 bits per heavy atom. The van der Waals surface area contributed by atoms with E-state index < -0.39 is 5.97 Å². The molecule has 0 radical (unpaired) electrons. The lowest BCUT2D eigenvalue weighted by Crippen LogP contribution is -2.13. The van der Waals surface area contributed by atoms with Gasteiger partial charge in [0.2, 0.25) is 0 Å². The molecule has 2 N–H and O–H groups in total. The first-order chi connectivity index (χ1) is 10.6. The van der Waals surface area contributed by atoms with Crippen LogP contribution in [0.1, 0.15) is 41.1 Å². The second-order valence-corrected chi connectivity index (χ2v) is 5.52. The first kappa shape index (κ1) is 14.3. The van der Waals surface area contributed by atoms with Crippen molar-refractivity contribution < 1.29 is 14.7 Å². The lowest BCUT2D eigenvalue weighted by atomic mass is 9.80. The molecule has 1 fully saturated rings. The van der Waals surface area contributed by atoms with Gasteiger partial charge in [-0.3, -0.25) is 14.3 Å². The molecular formula is C16H17N3O3. The Hall–Kier alpha value is -2.63. The van der Waals surface area contributed by atoms with E-state index in [1.807, 2.05) is 24.3 Å². The lowest BCUT2D eigenvalue weighted by molar-refractivity contribution is -0.137. The molecule has 1 aromatic heterocycles. The lowest BCUT2D eigenvalue weighted by Gasteiger charge is -2.25. The van der Waals surface area contributed by atoms with E-state index in [0.717, 1.165) is 0 Å². The minimum absolute atomic E-state index is 0.227. The smallest absolute Gasteiger partial charge is 0.325 e. The highest BCUT2D eigenvalue weighted by atomic mass is 16.4. The Bertz CT molecular complexity index is 687. The number of rotatable bonds is 5. The van der Waals surface area contributed by atoms with Crippen molar-refractivity contribution in [2.45, 2.75) is 31.7 Å². The molecule has 0 spiro atoms. The summed E-state index contributed by atoms with van der Waals surface area (Å²) >= 11 is 0. The standard InChI is InChI=1S/C16H17N3O3/c20-15(21)10-19-9-14(8-17-19)18-16(22)13-6-4-12(5-7-13)11-2-1-3-11/h4-9,11H,1-3,10H2,(H,18,22)(H,20,21). The van der Waals surface area contributed by atoms with Crippen LogP contribution in [0, 0.1) is 0 Å². The summed E-state index contributed by atoms with van der Waals surface area (Å²) in [6.45, 7) is -0.230. The third-order valence-corrected chi connectivity index (χ3v) is 3.94. The quantitative estimate of drug-likeness (QED) is 0.888. The normalized spacial score (nSPS) is 14.4. The van der Waals surface area contributed by atoms with Crippen LogP contribution in [0.5, 0.6) is 0 Å². The maximum Gasteiger partial charge on any atom is 0.325 e. The molecule has 0 aliphatic heterocycles. The Morgan fingerprint density at radius 3 is 2.59 bits per heavy atom. The molecule has 1 aliphatic carbocycles. The highest BCUT2D eigenvalue weighted by Gasteiger charge is 2.19. The van der Waals surface area contributed by atoms with E-state index in [0.29, 0.717) is 17.2 Å². The summed E-state index contributed by atoms with van der Waals surface area (Å²) < 4.78 is 1.26. The molecule has 1 saturated carbocycles. The molecule has 3 rings (SSSR count). The molecular weight excluding hydrogens is 282 g/mol. The maximum atomic E-state index is 12.1. The number of hydrogen-bond acceptors (Lipinski definition) is 3. The van der Waals surface area contributed by atoms with E-state index in [2.05, 4.69) is 10.4 Å². The van der Waals surface area contributed by atoms with Crippen molar-refractivity contribution in [3.05, 3.63) is 47.8 Å². The zero-order valence-corrected chi connectivity index (χ0v) is 12.0. The van der Waals surface area contributed by atoms with Gasteiger partial charge in [0, 0.05) is 11.8 Å². The number of hydrogen-bond donors (Lipinski definition) is 2. The average molecular weight is 299 g/mol. The van der Waals surface area contributed by atoms with Gasteiger partial charge in [0.15, 0.2) is 0 Å². The van der Waals surface area contributed by atoms with E-state index >= 15 is 0 Å². The number of amides is 1. The second kappa shape index (κ2) is 6.01. The first-order valence-electron chi connectivity index (χ1n) is 7.27. The van der Waals surface area contributed by atoms with Crippen LogP contribution in [-0.4, -0.2) is 26.8 Å². The highest BCUT2D eigenvalue weighted by Crippen LogP contribution is 2.36. The topological polar surface area (TPSA) is 84.2 Å². The number of carbonyl (C=O) groups is 2. The summed E-state index contributed by atoms with van der Waals surface area (Å²) in [5.41, 5.74) is 2.35. The molecule has 2 aromatic rings. The van der Waals surface area contributed by atoms with E-state index in [4.69, 9.17) is 5.11 Å². The fourth-order valence-corrected chi connectivity index (χ4v) is 2.50. The first-order valence-corrected chi connectivity index (χ1v) is 7.27. The molecule has 114 valence electrons. The number of benzene rings is 1. The molecule has 0 saturated heterocycles. The van der Waals surface area contributed by atoms with Gasteiger partial charge in [0.25, 0.3) is 5.91 Å². The number of carboxylic acid groups (broad SMARTS) is 1. The Morgan fingerprint density at radius 1 is 1.27 bits per heavy atom. The minimum atomic E-state index is -0.979.